The number of aromatic nitrogens is 2. The lowest BCUT2D eigenvalue weighted by molar-refractivity contribution is -0.143. The molecule has 36 heavy (non-hydrogen) atoms. The molecule has 0 aromatic carbocycles. The van der Waals surface area contributed by atoms with Gasteiger partial charge in [-0.1, -0.05) is 0 Å². The molecule has 0 aliphatic heterocycles. The van der Waals surface area contributed by atoms with E-state index in [-0.39, 0.29) is 25.3 Å². The van der Waals surface area contributed by atoms with E-state index in [0.717, 1.165) is 0 Å². The second-order valence-corrected chi connectivity index (χ2v) is 7.71. The van der Waals surface area contributed by atoms with Crippen molar-refractivity contribution in [3.8, 4) is 0 Å². The first kappa shape index (κ1) is 29.8. The van der Waals surface area contributed by atoms with Crippen LogP contribution >= 0.6 is 0 Å². The van der Waals surface area contributed by atoms with E-state index >= 15 is 0 Å². The second-order valence-electron chi connectivity index (χ2n) is 7.71. The number of aromatic amines is 1. The van der Waals surface area contributed by atoms with E-state index < -0.39 is 66.8 Å². The van der Waals surface area contributed by atoms with Crippen LogP contribution in [0.3, 0.4) is 0 Å². The molecule has 4 unspecified atom stereocenters. The summed E-state index contributed by atoms with van der Waals surface area (Å²) in [4.78, 5) is 71.0. The Morgan fingerprint density at radius 2 is 1.61 bits per heavy atom. The lowest BCUT2D eigenvalue weighted by atomic mass is 10.1. The topological polar surface area (TPSA) is 307 Å². The van der Waals surface area contributed by atoms with Crippen LogP contribution in [0.4, 0.5) is 0 Å². The van der Waals surface area contributed by atoms with Gasteiger partial charge in [-0.15, -0.1) is 0 Å². The minimum absolute atomic E-state index is 0.0857. The van der Waals surface area contributed by atoms with Gasteiger partial charge in [-0.2, -0.15) is 0 Å². The Kier molecular flexibility index (Phi) is 12.3. The third-order valence-electron chi connectivity index (χ3n) is 4.75. The number of nitrogens with zero attached hydrogens (tertiary/aromatic N) is 2. The smallest absolute Gasteiger partial charge is 0.328 e. The van der Waals surface area contributed by atoms with Crippen LogP contribution in [0.1, 0.15) is 25.0 Å². The summed E-state index contributed by atoms with van der Waals surface area (Å²) >= 11 is 0. The summed E-state index contributed by atoms with van der Waals surface area (Å²) in [7, 11) is 0. The van der Waals surface area contributed by atoms with E-state index in [4.69, 9.17) is 33.1 Å². The molecule has 0 aliphatic rings. The first-order chi connectivity index (χ1) is 16.9. The van der Waals surface area contributed by atoms with E-state index in [1.54, 1.807) is 0 Å². The second kappa shape index (κ2) is 14.9. The molecular weight excluding hydrogens is 480 g/mol. The van der Waals surface area contributed by atoms with Crippen molar-refractivity contribution in [2.45, 2.75) is 49.9 Å². The highest BCUT2D eigenvalue weighted by Gasteiger charge is 2.31. The Labute approximate surface area is 205 Å². The van der Waals surface area contributed by atoms with Crippen LogP contribution in [0.15, 0.2) is 17.5 Å². The quantitative estimate of drug-likeness (QED) is 0.0566. The number of carbonyl (C=O) groups is 5. The number of carboxylic acids is 1. The Morgan fingerprint density at radius 3 is 2.14 bits per heavy atom. The van der Waals surface area contributed by atoms with Gasteiger partial charge in [-0.05, 0) is 12.8 Å². The van der Waals surface area contributed by atoms with Crippen LogP contribution in [0.25, 0.3) is 0 Å². The van der Waals surface area contributed by atoms with Crippen molar-refractivity contribution in [1.29, 1.82) is 0 Å². The normalized spacial score (nSPS) is 13.9. The van der Waals surface area contributed by atoms with Crippen molar-refractivity contribution in [1.82, 2.24) is 25.9 Å². The highest BCUT2D eigenvalue weighted by molar-refractivity contribution is 5.96. The molecule has 0 radical (unpaired) electrons. The zero-order valence-corrected chi connectivity index (χ0v) is 19.3. The molecule has 17 heteroatoms. The molecule has 0 spiro atoms. The molecule has 4 atom stereocenters. The number of amides is 4. The molecule has 17 nitrogen and oxygen atoms in total. The molecule has 1 rings (SSSR count). The van der Waals surface area contributed by atoms with Gasteiger partial charge < -0.3 is 54.1 Å². The van der Waals surface area contributed by atoms with E-state index in [2.05, 4.69) is 25.6 Å². The fourth-order valence-corrected chi connectivity index (χ4v) is 2.90. The first-order valence-corrected chi connectivity index (χ1v) is 10.8. The number of imidazole rings is 1. The van der Waals surface area contributed by atoms with Gasteiger partial charge >= 0.3 is 5.97 Å². The average molecular weight is 513 g/mol. The Bertz CT molecular complexity index is 933. The number of hydrogen-bond acceptors (Lipinski definition) is 9. The third-order valence-corrected chi connectivity index (χ3v) is 4.75. The molecule has 1 heterocycles. The third kappa shape index (κ3) is 10.8. The number of nitrogens with one attached hydrogen (secondary N) is 4. The van der Waals surface area contributed by atoms with Gasteiger partial charge in [-0.3, -0.25) is 24.2 Å². The predicted octanol–water partition coefficient (Wildman–Crippen LogP) is -5.26. The van der Waals surface area contributed by atoms with Crippen molar-refractivity contribution in [3.05, 3.63) is 18.2 Å². The van der Waals surface area contributed by atoms with Gasteiger partial charge in [0, 0.05) is 24.9 Å². The number of aliphatic hydroxyl groups excluding tert-OH is 1. The van der Waals surface area contributed by atoms with E-state index in [0.29, 0.717) is 12.1 Å². The first-order valence-electron chi connectivity index (χ1n) is 10.8. The van der Waals surface area contributed by atoms with Crippen molar-refractivity contribution < 1.29 is 34.2 Å². The van der Waals surface area contributed by atoms with Crippen LogP contribution in [0.5, 0.6) is 0 Å². The average Bonchev–Trinajstić information content (AvgIpc) is 3.31. The highest BCUT2D eigenvalue weighted by atomic mass is 16.4. The van der Waals surface area contributed by atoms with Gasteiger partial charge in [0.1, 0.15) is 18.1 Å². The molecule has 200 valence electrons. The minimum Gasteiger partial charge on any atom is -0.480 e. The van der Waals surface area contributed by atoms with Crippen molar-refractivity contribution in [2.75, 3.05) is 13.2 Å². The Hall–Kier alpha value is -4.25. The summed E-state index contributed by atoms with van der Waals surface area (Å²) in [5, 5.41) is 24.9. The van der Waals surface area contributed by atoms with Crippen LogP contribution in [0.2, 0.25) is 0 Å². The largest absolute Gasteiger partial charge is 0.480 e. The number of hydrogen-bond donors (Lipinski definition) is 10. The lowest BCUT2D eigenvalue weighted by Gasteiger charge is -2.24. The maximum atomic E-state index is 13.0. The molecule has 0 fully saturated rings. The molecule has 0 bridgehead atoms. The number of nitrogens with two attached hydrogens (primary N) is 4. The van der Waals surface area contributed by atoms with Crippen LogP contribution < -0.4 is 38.9 Å². The van der Waals surface area contributed by atoms with Gasteiger partial charge in [-0.25, -0.2) is 9.78 Å². The van der Waals surface area contributed by atoms with Crippen molar-refractivity contribution in [2.24, 2.45) is 27.9 Å². The zero-order valence-electron chi connectivity index (χ0n) is 19.3. The maximum Gasteiger partial charge on any atom is 0.328 e. The standard InChI is InChI=1S/C19H32N10O7/c20-10(2-1-3-25-19(22)23)15(32)27-11(4-9-6-24-8-26-9)16(33)28-12(5-14(21)31)17(34)29-13(7-30)18(35)36/h6,8,10-13,30H,1-5,7,20H2,(H2,21,31)(H,24,26)(H,27,32)(H,28,33)(H,29,34)(H,35,36)(H4,22,23,25). The van der Waals surface area contributed by atoms with Gasteiger partial charge in [0.05, 0.1) is 25.4 Å². The maximum absolute atomic E-state index is 13.0. The number of H-pyrrole nitrogens is 1. The van der Waals surface area contributed by atoms with E-state index in [9.17, 15) is 24.0 Å². The lowest BCUT2D eigenvalue weighted by Crippen LogP contribution is -2.58. The van der Waals surface area contributed by atoms with Gasteiger partial charge in [0.25, 0.3) is 0 Å². The monoisotopic (exact) mass is 512 g/mol. The van der Waals surface area contributed by atoms with Crippen molar-refractivity contribution in [3.63, 3.8) is 0 Å². The zero-order chi connectivity index (χ0) is 27.3. The molecule has 1 aromatic rings. The molecule has 1 aromatic heterocycles. The van der Waals surface area contributed by atoms with Crippen molar-refractivity contribution >= 4 is 35.6 Å². The molecule has 4 amide bonds. The number of carboxylic acid groups (broad SMARTS) is 1. The molecule has 14 N–H and O–H groups in total. The van der Waals surface area contributed by atoms with Gasteiger partial charge in [0.15, 0.2) is 5.96 Å². The van der Waals surface area contributed by atoms with E-state index in [1.165, 1.54) is 12.5 Å². The predicted molar refractivity (Wildman–Crippen MR) is 125 cm³/mol. The summed E-state index contributed by atoms with van der Waals surface area (Å²) in [6.45, 7) is -0.686. The molecule has 0 saturated heterocycles. The van der Waals surface area contributed by atoms with E-state index in [1.807, 2.05) is 5.32 Å². The number of carbonyl (C=O) groups excluding carboxylic acids is 4. The number of aliphatic hydroxyl groups is 1. The highest BCUT2D eigenvalue weighted by Crippen LogP contribution is 2.04. The molecule has 0 aliphatic carbocycles. The van der Waals surface area contributed by atoms with Crippen LogP contribution in [-0.4, -0.2) is 93.1 Å². The van der Waals surface area contributed by atoms with Crippen LogP contribution in [0, 0.1) is 0 Å². The summed E-state index contributed by atoms with van der Waals surface area (Å²) in [5.74, 6) is -5.25. The fourth-order valence-electron chi connectivity index (χ4n) is 2.90. The number of aliphatic carboxylic acids is 1. The summed E-state index contributed by atoms with van der Waals surface area (Å²) in [6, 6.07) is -5.54. The number of rotatable bonds is 16. The number of guanidine groups is 1. The number of aliphatic imine (C=N–C) groups is 1. The summed E-state index contributed by atoms with van der Waals surface area (Å²) in [6.07, 6.45) is 2.59. The SMILES string of the molecule is NC(=O)CC(NC(=O)C(Cc1cnc[nH]1)NC(=O)C(N)CCCN=C(N)N)C(=O)NC(CO)C(=O)O. The Balaban J connectivity index is 2.97. The summed E-state index contributed by atoms with van der Waals surface area (Å²) < 4.78 is 0. The number of primary amides is 1. The summed E-state index contributed by atoms with van der Waals surface area (Å²) in [5.41, 5.74) is 22.0. The van der Waals surface area contributed by atoms with Crippen LogP contribution in [-0.2, 0) is 30.4 Å². The minimum atomic E-state index is -1.68. The fraction of sp³-hybridized carbons (Fsp3) is 0.526. The Morgan fingerprint density at radius 1 is 1.00 bits per heavy atom. The van der Waals surface area contributed by atoms with Gasteiger partial charge in [0.2, 0.25) is 23.6 Å². The molecule has 0 saturated carbocycles. The molecular formula is C19H32N10O7.